The second kappa shape index (κ2) is 51.2. The standard InChI is InChI=1S/C93H122N18O21S2/c1-48(2)35-62-81(120)103-66(38-55-27-31-58(32-28-55)57-23-17-14-18-24-57)89(128)109-79(51(7)8)93(132)111(12)53(10)92(131)110(11)44-75(115)98-68(41-73(94)113)85(124)101-63(36-49(3)4)88(127)108-78(50(5)6)91(130)106-69(42-74(95)114)86(125)107-71(90(129)97-52(9)80(96)119)46-133-47-76(116)99-64(37-54-21-15-13-16-22-54)82(121)102-65(39-56-29-33-60(112)34-30-56)83(122)105-70(43-77(117)118)87(126)104-67(84(123)100-62)40-59-45-134-72-26-20-19-25-61(59)72/h13-34,45,48-53,62-71,78-79,112H,35-44,46-47H2,1-12H3,(H2,94,113)(H2,95,114)(H2,96,119)(H,97,129)(H,98,115)(H,99,116)(H,100,123)(H,101,124)(H,102,121)(H,103,120)(H,104,126)(H,105,122)(H,106,130)(H,107,125)(H,108,127)(H,109,128)(H,117,118)/t52-,53-,62-,63-,64-,65-,66-,67-,68-,69-,70-,71-,78-,79-/m0/s1. The van der Waals surface area contributed by atoms with Gasteiger partial charge < -0.3 is 106 Å². The number of hydrogen-bond donors (Lipinski definition) is 18. The molecule has 1 aliphatic heterocycles. The van der Waals surface area contributed by atoms with Crippen molar-refractivity contribution in [1.29, 1.82) is 0 Å². The van der Waals surface area contributed by atoms with E-state index in [2.05, 4.69) is 69.1 Å². The van der Waals surface area contributed by atoms with E-state index >= 15 is 28.8 Å². The topological polar surface area (TPSA) is 606 Å². The van der Waals surface area contributed by atoms with Crippen LogP contribution in [0.4, 0.5) is 0 Å². The van der Waals surface area contributed by atoms with Crippen LogP contribution in [0.3, 0.4) is 0 Å². The van der Waals surface area contributed by atoms with Crippen LogP contribution in [0.15, 0.2) is 139 Å². The van der Waals surface area contributed by atoms with E-state index in [0.717, 1.165) is 25.6 Å². The van der Waals surface area contributed by atoms with Crippen molar-refractivity contribution in [1.82, 2.24) is 78.9 Å². The summed E-state index contributed by atoms with van der Waals surface area (Å²) >= 11 is 1.98. The number of carboxylic acids is 1. The van der Waals surface area contributed by atoms with Gasteiger partial charge in [-0.25, -0.2) is 0 Å². The number of thioether (sulfide) groups is 1. The van der Waals surface area contributed by atoms with E-state index in [9.17, 15) is 72.5 Å². The number of amides is 18. The van der Waals surface area contributed by atoms with Crippen LogP contribution in [0, 0.1) is 23.7 Å². The van der Waals surface area contributed by atoms with Gasteiger partial charge in [-0.3, -0.25) is 91.1 Å². The van der Waals surface area contributed by atoms with Crippen molar-refractivity contribution < 1.29 is 101 Å². The molecule has 1 aliphatic rings. The van der Waals surface area contributed by atoms with Gasteiger partial charge in [0, 0.05) is 50.2 Å². The molecule has 0 aliphatic carbocycles. The molecule has 1 saturated heterocycles. The molecular formula is C93H122N18O21S2. The first-order valence-electron chi connectivity index (χ1n) is 43.8. The molecule has 5 aromatic carbocycles. The predicted molar refractivity (Wildman–Crippen MR) is 499 cm³/mol. The average molecular weight is 1890 g/mol. The molecule has 6 aromatic rings. The van der Waals surface area contributed by atoms with Crippen LogP contribution in [0.25, 0.3) is 21.2 Å². The van der Waals surface area contributed by atoms with Gasteiger partial charge in [0.05, 0.1) is 31.6 Å². The lowest BCUT2D eigenvalue weighted by Crippen LogP contribution is -2.61. The number of thiophene rings is 1. The Hall–Kier alpha value is -13.9. The third-order valence-corrected chi connectivity index (χ3v) is 24.0. The summed E-state index contributed by atoms with van der Waals surface area (Å²) < 4.78 is 0.764. The Morgan fingerprint density at radius 1 is 0.433 bits per heavy atom. The molecule has 1 fully saturated rings. The number of hydrogen-bond acceptors (Lipinski definition) is 22. The Morgan fingerprint density at radius 3 is 1.34 bits per heavy atom. The maximum Gasteiger partial charge on any atom is 0.305 e. The molecule has 14 atom stereocenters. The number of likely N-dealkylation sites (N-methyl/N-ethyl adjacent to an activating group) is 2. The highest BCUT2D eigenvalue weighted by Crippen LogP contribution is 2.28. The first-order valence-corrected chi connectivity index (χ1v) is 45.8. The minimum atomic E-state index is -2.06. The molecule has 0 spiro atoms. The zero-order chi connectivity index (χ0) is 99.1. The molecule has 2 heterocycles. The Balaban J connectivity index is 1.32. The molecule has 41 heteroatoms. The second-order valence-corrected chi connectivity index (χ2v) is 36.6. The zero-order valence-electron chi connectivity index (χ0n) is 76.8. The van der Waals surface area contributed by atoms with Crippen molar-refractivity contribution in [2.45, 2.75) is 212 Å². The van der Waals surface area contributed by atoms with E-state index in [1.807, 2.05) is 36.4 Å². The van der Waals surface area contributed by atoms with Gasteiger partial charge in [-0.1, -0.05) is 171 Å². The molecule has 0 radical (unpaired) electrons. The maximum absolute atomic E-state index is 15.5. The fourth-order valence-corrected chi connectivity index (χ4v) is 16.3. The highest BCUT2D eigenvalue weighted by Gasteiger charge is 2.41. The lowest BCUT2D eigenvalue weighted by Gasteiger charge is -2.33. The number of aromatic hydroxyl groups is 1. The van der Waals surface area contributed by atoms with Crippen LogP contribution in [0.1, 0.15) is 124 Å². The lowest BCUT2D eigenvalue weighted by molar-refractivity contribution is -0.147. The summed E-state index contributed by atoms with van der Waals surface area (Å²) in [5, 5.41) is 56.5. The summed E-state index contributed by atoms with van der Waals surface area (Å²) in [6.45, 7) is 14.7. The molecule has 39 nitrogen and oxygen atoms in total. The predicted octanol–water partition coefficient (Wildman–Crippen LogP) is 0.0339. The van der Waals surface area contributed by atoms with Crippen LogP contribution in [-0.2, 0) is 117 Å². The van der Waals surface area contributed by atoms with E-state index in [1.54, 1.807) is 120 Å². The first kappa shape index (κ1) is 107. The van der Waals surface area contributed by atoms with Crippen molar-refractivity contribution in [3.63, 3.8) is 0 Å². The molecule has 0 unspecified atom stereocenters. The van der Waals surface area contributed by atoms with Gasteiger partial charge in [0.2, 0.25) is 106 Å². The third kappa shape index (κ3) is 33.5. The summed E-state index contributed by atoms with van der Waals surface area (Å²) in [4.78, 5) is 274. The molecule has 0 saturated carbocycles. The number of nitrogens with one attached hydrogen (secondary N) is 13. The number of carbonyl (C=O) groups is 19. The van der Waals surface area contributed by atoms with Crippen LogP contribution in [0.5, 0.6) is 5.75 Å². The number of fused-ring (bicyclic) bond motifs is 1. The monoisotopic (exact) mass is 1890 g/mol. The van der Waals surface area contributed by atoms with E-state index in [0.29, 0.717) is 33.8 Å². The Bertz CT molecular complexity index is 5200. The van der Waals surface area contributed by atoms with Gasteiger partial charge in [-0.15, -0.1) is 23.1 Å². The SMILES string of the molecule is CC(C)C[C@@H]1NC(=O)[C@H](Cc2csc3ccccc23)NC(=O)[C@H](CC(=O)O)NC(=O)[C@H](Cc2ccc(O)cc2)NC(=O)[C@H](Cc2ccccc2)NC(=O)CSC[C@@H](C(=O)N[C@@H](C)C(N)=O)NC(=O)[C@H](CC(N)=O)NC(=O)[C@H](C(C)C)NC(=O)[C@H](CC(C)C)NC(=O)[C@H](CC(N)=O)NC(=O)CN(C)C(=O)[C@H](C)N(C)C(=O)[C@H](C(C)C)NC(=O)[C@H](Cc2ccc(-c3ccccc3)cc2)NC1=O. The second-order valence-electron chi connectivity index (χ2n) is 34.6. The van der Waals surface area contributed by atoms with Gasteiger partial charge in [0.25, 0.3) is 0 Å². The highest BCUT2D eigenvalue weighted by molar-refractivity contribution is 8.00. The first-order chi connectivity index (χ1) is 63.2. The minimum absolute atomic E-state index is 0.117. The number of benzene rings is 5. The summed E-state index contributed by atoms with van der Waals surface area (Å²) in [6.07, 6.45) is -4.48. The zero-order valence-corrected chi connectivity index (χ0v) is 78.4. The van der Waals surface area contributed by atoms with E-state index in [4.69, 9.17) is 17.2 Å². The van der Waals surface area contributed by atoms with Gasteiger partial charge in [-0.05, 0) is 113 Å². The highest BCUT2D eigenvalue weighted by atomic mass is 32.2. The fraction of sp³-hybridized carbons (Fsp3) is 0.452. The average Bonchev–Trinajstić information content (AvgIpc) is 1.64. The number of nitrogens with zero attached hydrogens (tertiary/aromatic N) is 2. The number of primary amides is 3. The van der Waals surface area contributed by atoms with Gasteiger partial charge in [0.15, 0.2) is 0 Å². The molecule has 18 amide bonds. The smallest absolute Gasteiger partial charge is 0.305 e. The van der Waals surface area contributed by atoms with Crippen molar-refractivity contribution in [3.05, 3.63) is 161 Å². The number of aliphatic carboxylic acids is 1. The fourth-order valence-electron chi connectivity index (χ4n) is 14.5. The summed E-state index contributed by atoms with van der Waals surface area (Å²) in [5.41, 5.74) is 20.2. The molecule has 0 bridgehead atoms. The van der Waals surface area contributed by atoms with Gasteiger partial charge in [-0.2, -0.15) is 0 Å². The normalized spacial score (nSPS) is 22.9. The molecule has 1 aromatic heterocycles. The largest absolute Gasteiger partial charge is 0.508 e. The molecular weight excluding hydrogens is 1770 g/mol. The van der Waals surface area contributed by atoms with Crippen molar-refractivity contribution in [2.75, 3.05) is 32.1 Å². The van der Waals surface area contributed by atoms with E-state index in [-0.39, 0.29) is 43.4 Å². The van der Waals surface area contributed by atoms with E-state index in [1.165, 1.54) is 77.4 Å². The maximum atomic E-state index is 15.5. The van der Waals surface area contributed by atoms with Crippen LogP contribution in [0.2, 0.25) is 0 Å². The molecule has 722 valence electrons. The van der Waals surface area contributed by atoms with Crippen LogP contribution >= 0.6 is 23.1 Å². The third-order valence-electron chi connectivity index (χ3n) is 21.9. The number of phenolic OH excluding ortho intramolecular Hbond substituents is 1. The van der Waals surface area contributed by atoms with Crippen molar-refractivity contribution in [3.8, 4) is 16.9 Å². The summed E-state index contributed by atoms with van der Waals surface area (Å²) in [5.74, 6) is -24.2. The number of carbonyl (C=O) groups excluding carboxylic acids is 18. The Kier molecular flexibility index (Phi) is 41.0. The quantitative estimate of drug-likeness (QED) is 0.0380. The Morgan fingerprint density at radius 2 is 0.828 bits per heavy atom. The van der Waals surface area contributed by atoms with Crippen molar-refractivity contribution in [2.24, 2.45) is 40.9 Å². The Labute approximate surface area is 784 Å². The van der Waals surface area contributed by atoms with Gasteiger partial charge >= 0.3 is 5.97 Å². The van der Waals surface area contributed by atoms with Crippen LogP contribution < -0.4 is 86.3 Å². The summed E-state index contributed by atoms with van der Waals surface area (Å²) in [7, 11) is 2.47. The van der Waals surface area contributed by atoms with Crippen LogP contribution in [-0.4, -0.2) is 249 Å². The number of phenols is 1. The number of rotatable bonds is 24. The lowest BCUT2D eigenvalue weighted by atomic mass is 9.97. The number of nitrogens with two attached hydrogens (primary N) is 3. The minimum Gasteiger partial charge on any atom is -0.508 e. The summed E-state index contributed by atoms with van der Waals surface area (Å²) in [6, 6.07) is 13.9. The molecule has 21 N–H and O–H groups in total. The van der Waals surface area contributed by atoms with Crippen molar-refractivity contribution >= 4 is 145 Å². The number of carboxylic acid groups (broad SMARTS) is 1. The molecule has 134 heavy (non-hydrogen) atoms. The van der Waals surface area contributed by atoms with Gasteiger partial charge in [0.1, 0.15) is 90.3 Å². The van der Waals surface area contributed by atoms with E-state index < -0.39 is 264 Å². The molecule has 7 rings (SSSR count).